The highest BCUT2D eigenvalue weighted by Crippen LogP contribution is 2.30. The van der Waals surface area contributed by atoms with Crippen LogP contribution in [-0.2, 0) is 25.7 Å². The van der Waals surface area contributed by atoms with Crippen molar-refractivity contribution in [1.29, 1.82) is 0 Å². The summed E-state index contributed by atoms with van der Waals surface area (Å²) in [7, 11) is -4.50. The minimum atomic E-state index is -4.74. The molecule has 1 N–H and O–H groups in total. The lowest BCUT2D eigenvalue weighted by atomic mass is 10.1. The van der Waals surface area contributed by atoms with E-state index in [1.807, 2.05) is 0 Å². The number of alkyl halides is 3. The summed E-state index contributed by atoms with van der Waals surface area (Å²) in [5, 5.41) is 0. The number of nitrogens with zero attached hydrogens (tertiary/aromatic N) is 1. The fourth-order valence-electron chi connectivity index (χ4n) is 3.30. The van der Waals surface area contributed by atoms with Gasteiger partial charge in [0.15, 0.2) is 0 Å². The van der Waals surface area contributed by atoms with Gasteiger partial charge in [-0.15, -0.1) is 0 Å². The van der Waals surface area contributed by atoms with Gasteiger partial charge in [0.25, 0.3) is 11.8 Å². The molecule has 0 radical (unpaired) electrons. The van der Waals surface area contributed by atoms with E-state index in [2.05, 4.69) is 4.72 Å². The van der Waals surface area contributed by atoms with E-state index in [-0.39, 0.29) is 17.7 Å². The summed E-state index contributed by atoms with van der Waals surface area (Å²) in [4.78, 5) is 37.5. The number of sulfonamides is 1. The summed E-state index contributed by atoms with van der Waals surface area (Å²) < 4.78 is 71.3. The Labute approximate surface area is 193 Å². The summed E-state index contributed by atoms with van der Waals surface area (Å²) in [5.74, 6) is -2.70. The summed E-state index contributed by atoms with van der Waals surface area (Å²) in [5.41, 5.74) is -0.694. The number of esters is 1. The molecule has 12 heteroatoms. The predicted octanol–water partition coefficient (Wildman–Crippen LogP) is 2.85. The molecule has 2 aromatic rings. The van der Waals surface area contributed by atoms with Gasteiger partial charge in [-0.05, 0) is 36.2 Å². The molecule has 0 spiro atoms. The lowest BCUT2D eigenvalue weighted by Crippen LogP contribution is -2.46. The highest BCUT2D eigenvalue weighted by atomic mass is 32.2. The van der Waals surface area contributed by atoms with E-state index in [1.165, 1.54) is 26.0 Å². The van der Waals surface area contributed by atoms with Gasteiger partial charge in [-0.25, -0.2) is 8.42 Å². The molecule has 0 fully saturated rings. The van der Waals surface area contributed by atoms with Crippen LogP contribution < -0.4 is 4.72 Å². The number of hydrogen-bond donors (Lipinski definition) is 1. The molecule has 0 saturated carbocycles. The monoisotopic (exact) mass is 498 g/mol. The zero-order chi connectivity index (χ0) is 25.3. The second-order valence-electron chi connectivity index (χ2n) is 7.84. The molecular formula is C22H21F3N2O6S. The van der Waals surface area contributed by atoms with Crippen molar-refractivity contribution < 1.29 is 40.7 Å². The van der Waals surface area contributed by atoms with Crippen molar-refractivity contribution >= 4 is 27.8 Å². The number of carbonyl (C=O) groups excluding carboxylic acids is 3. The summed E-state index contributed by atoms with van der Waals surface area (Å²) in [6, 6.07) is 7.92. The molecule has 2 amide bonds. The fourth-order valence-corrected chi connectivity index (χ4v) is 4.68. The van der Waals surface area contributed by atoms with Crippen LogP contribution in [0.5, 0.6) is 0 Å². The first-order valence-corrected chi connectivity index (χ1v) is 11.6. The van der Waals surface area contributed by atoms with Gasteiger partial charge < -0.3 is 4.74 Å². The van der Waals surface area contributed by atoms with E-state index in [1.54, 1.807) is 12.1 Å². The Kier molecular flexibility index (Phi) is 7.13. The molecule has 1 aliphatic heterocycles. The molecular weight excluding hydrogens is 477 g/mol. The van der Waals surface area contributed by atoms with Crippen LogP contribution in [0.25, 0.3) is 0 Å². The van der Waals surface area contributed by atoms with Crippen LogP contribution in [0.2, 0.25) is 0 Å². The Morgan fingerprint density at radius 2 is 1.62 bits per heavy atom. The standard InChI is InChI=1S/C22H21F3N2O6S/c1-13(2)18(26-34(31,32)15-7-5-6-14(12-15)22(23,24)25)21(30)33-11-10-27-19(28)16-8-3-4-9-17(16)20(27)29/h3-9,12-13,18,26H,10-11H2,1-2H3/t18-/m1/s1. The summed E-state index contributed by atoms with van der Waals surface area (Å²) in [6.07, 6.45) is -4.74. The third-order valence-corrected chi connectivity index (χ3v) is 6.55. The van der Waals surface area contributed by atoms with Crippen LogP contribution >= 0.6 is 0 Å². The summed E-state index contributed by atoms with van der Waals surface area (Å²) in [6.45, 7) is 2.40. The SMILES string of the molecule is CC(C)[C@@H](NS(=O)(=O)c1cccc(C(F)(F)F)c1)C(=O)OCCN1C(=O)c2ccccc2C1=O. The van der Waals surface area contributed by atoms with Gasteiger partial charge in [0, 0.05) is 0 Å². The Balaban J connectivity index is 1.66. The van der Waals surface area contributed by atoms with Gasteiger partial charge in [-0.3, -0.25) is 19.3 Å². The van der Waals surface area contributed by atoms with Crippen molar-refractivity contribution in [1.82, 2.24) is 9.62 Å². The molecule has 182 valence electrons. The molecule has 0 bridgehead atoms. The van der Waals surface area contributed by atoms with Crippen molar-refractivity contribution in [2.24, 2.45) is 5.92 Å². The normalized spacial score (nSPS) is 14.9. The first kappa shape index (κ1) is 25.4. The van der Waals surface area contributed by atoms with Crippen molar-refractivity contribution in [3.8, 4) is 0 Å². The number of carbonyl (C=O) groups is 3. The van der Waals surface area contributed by atoms with Crippen LogP contribution in [-0.4, -0.2) is 50.3 Å². The van der Waals surface area contributed by atoms with Crippen molar-refractivity contribution in [2.45, 2.75) is 31.0 Å². The number of benzene rings is 2. The van der Waals surface area contributed by atoms with E-state index in [4.69, 9.17) is 4.74 Å². The fraction of sp³-hybridized carbons (Fsp3) is 0.318. The molecule has 0 aliphatic carbocycles. The van der Waals surface area contributed by atoms with E-state index < -0.39 is 63.0 Å². The summed E-state index contributed by atoms with van der Waals surface area (Å²) >= 11 is 0. The highest BCUT2D eigenvalue weighted by Gasteiger charge is 2.36. The van der Waals surface area contributed by atoms with E-state index in [9.17, 15) is 36.0 Å². The lowest BCUT2D eigenvalue weighted by molar-refractivity contribution is -0.147. The average molecular weight is 498 g/mol. The molecule has 1 aliphatic rings. The maximum Gasteiger partial charge on any atom is 0.416 e. The Hall–Kier alpha value is -3.25. The zero-order valence-corrected chi connectivity index (χ0v) is 18.9. The Morgan fingerprint density at radius 3 is 2.15 bits per heavy atom. The quantitative estimate of drug-likeness (QED) is 0.443. The third-order valence-electron chi connectivity index (χ3n) is 5.11. The number of halogens is 3. The molecule has 2 aromatic carbocycles. The van der Waals surface area contributed by atoms with Crippen molar-refractivity contribution in [2.75, 3.05) is 13.2 Å². The van der Waals surface area contributed by atoms with Crippen LogP contribution in [0.4, 0.5) is 13.2 Å². The first-order chi connectivity index (χ1) is 15.8. The van der Waals surface area contributed by atoms with E-state index in [0.29, 0.717) is 6.07 Å². The Morgan fingerprint density at radius 1 is 1.03 bits per heavy atom. The number of ether oxygens (including phenoxy) is 1. The molecule has 0 saturated heterocycles. The minimum Gasteiger partial charge on any atom is -0.463 e. The number of imide groups is 1. The number of nitrogens with one attached hydrogen (secondary N) is 1. The number of fused-ring (bicyclic) bond motifs is 1. The van der Waals surface area contributed by atoms with Crippen LogP contribution in [0.15, 0.2) is 53.4 Å². The number of hydrogen-bond acceptors (Lipinski definition) is 6. The van der Waals surface area contributed by atoms with E-state index in [0.717, 1.165) is 23.1 Å². The minimum absolute atomic E-state index is 0.229. The number of amides is 2. The van der Waals surface area contributed by atoms with Gasteiger partial charge >= 0.3 is 12.1 Å². The molecule has 0 unspecified atom stereocenters. The maximum atomic E-state index is 12.9. The molecule has 34 heavy (non-hydrogen) atoms. The maximum absolute atomic E-state index is 12.9. The zero-order valence-electron chi connectivity index (χ0n) is 18.1. The third kappa shape index (κ3) is 5.28. The molecule has 8 nitrogen and oxygen atoms in total. The van der Waals surface area contributed by atoms with Gasteiger partial charge in [0.05, 0.1) is 28.1 Å². The topological polar surface area (TPSA) is 110 Å². The molecule has 0 aromatic heterocycles. The van der Waals surface area contributed by atoms with Crippen molar-refractivity contribution in [3.63, 3.8) is 0 Å². The van der Waals surface area contributed by atoms with Gasteiger partial charge in [-0.2, -0.15) is 17.9 Å². The highest BCUT2D eigenvalue weighted by molar-refractivity contribution is 7.89. The van der Waals surface area contributed by atoms with Gasteiger partial charge in [-0.1, -0.05) is 32.0 Å². The smallest absolute Gasteiger partial charge is 0.416 e. The molecule has 1 heterocycles. The molecule has 3 rings (SSSR count). The second-order valence-corrected chi connectivity index (χ2v) is 9.56. The van der Waals surface area contributed by atoms with Crippen LogP contribution in [0, 0.1) is 5.92 Å². The lowest BCUT2D eigenvalue weighted by Gasteiger charge is -2.22. The predicted molar refractivity (Wildman–Crippen MR) is 113 cm³/mol. The first-order valence-electron chi connectivity index (χ1n) is 10.1. The van der Waals surface area contributed by atoms with E-state index >= 15 is 0 Å². The Bertz CT molecular complexity index is 1190. The average Bonchev–Trinajstić information content (AvgIpc) is 3.02. The largest absolute Gasteiger partial charge is 0.463 e. The van der Waals surface area contributed by atoms with Crippen molar-refractivity contribution in [3.05, 3.63) is 65.2 Å². The molecule has 1 atom stereocenters. The van der Waals surface area contributed by atoms with Gasteiger partial charge in [0.2, 0.25) is 10.0 Å². The second kappa shape index (κ2) is 9.55. The van der Waals surface area contributed by atoms with Gasteiger partial charge in [0.1, 0.15) is 12.6 Å². The van der Waals surface area contributed by atoms with Crippen LogP contribution in [0.1, 0.15) is 40.1 Å². The van der Waals surface area contributed by atoms with Crippen LogP contribution in [0.3, 0.4) is 0 Å². The number of rotatable bonds is 8.